The van der Waals surface area contributed by atoms with Crippen molar-refractivity contribution in [1.82, 2.24) is 15.0 Å². The molecule has 0 unspecified atom stereocenters. The van der Waals surface area contributed by atoms with Crippen molar-refractivity contribution >= 4 is 11.6 Å². The minimum Gasteiger partial charge on any atom is -0.265 e. The van der Waals surface area contributed by atoms with Gasteiger partial charge < -0.3 is 0 Å². The standard InChI is InChI=1S/C12H12ClN3/c1-3-10-8(2)15-12(16-11(10)13)9-4-6-14-7-5-9/h4-7H,3H2,1-2H3. The van der Waals surface area contributed by atoms with Crippen LogP contribution in [-0.2, 0) is 6.42 Å². The average molecular weight is 234 g/mol. The fraction of sp³-hybridized carbons (Fsp3) is 0.250. The summed E-state index contributed by atoms with van der Waals surface area (Å²) < 4.78 is 0. The van der Waals surface area contributed by atoms with Gasteiger partial charge in [-0.1, -0.05) is 18.5 Å². The molecule has 0 spiro atoms. The van der Waals surface area contributed by atoms with Gasteiger partial charge in [0, 0.05) is 29.2 Å². The fourth-order valence-corrected chi connectivity index (χ4v) is 1.94. The second-order valence-electron chi connectivity index (χ2n) is 3.49. The number of nitrogens with zero attached hydrogens (tertiary/aromatic N) is 3. The first-order valence-electron chi connectivity index (χ1n) is 5.15. The van der Waals surface area contributed by atoms with Crippen molar-refractivity contribution in [2.45, 2.75) is 20.3 Å². The Kier molecular flexibility index (Phi) is 3.15. The average Bonchev–Trinajstić information content (AvgIpc) is 2.30. The third-order valence-electron chi connectivity index (χ3n) is 2.46. The first-order valence-corrected chi connectivity index (χ1v) is 5.53. The summed E-state index contributed by atoms with van der Waals surface area (Å²) in [6.45, 7) is 4.00. The number of halogens is 1. The molecular formula is C12H12ClN3. The van der Waals surface area contributed by atoms with Gasteiger partial charge in [0.15, 0.2) is 5.82 Å². The molecule has 3 nitrogen and oxygen atoms in total. The number of aromatic nitrogens is 3. The van der Waals surface area contributed by atoms with E-state index in [-0.39, 0.29) is 0 Å². The molecule has 0 atom stereocenters. The highest BCUT2D eigenvalue weighted by atomic mass is 35.5. The highest BCUT2D eigenvalue weighted by Gasteiger charge is 2.09. The van der Waals surface area contributed by atoms with Crippen LogP contribution in [0, 0.1) is 6.92 Å². The van der Waals surface area contributed by atoms with Crippen LogP contribution in [0.3, 0.4) is 0 Å². The normalized spacial score (nSPS) is 10.4. The van der Waals surface area contributed by atoms with Crippen LogP contribution in [0.25, 0.3) is 11.4 Å². The lowest BCUT2D eigenvalue weighted by Crippen LogP contribution is -1.99. The molecule has 4 heteroatoms. The summed E-state index contributed by atoms with van der Waals surface area (Å²) in [7, 11) is 0. The van der Waals surface area contributed by atoms with E-state index in [4.69, 9.17) is 11.6 Å². The van der Waals surface area contributed by atoms with E-state index in [1.807, 2.05) is 26.0 Å². The molecule has 0 bridgehead atoms. The summed E-state index contributed by atoms with van der Waals surface area (Å²) in [5.41, 5.74) is 2.89. The lowest BCUT2D eigenvalue weighted by molar-refractivity contribution is 1.00. The minimum atomic E-state index is 0.543. The Morgan fingerprint density at radius 3 is 2.44 bits per heavy atom. The van der Waals surface area contributed by atoms with E-state index in [2.05, 4.69) is 15.0 Å². The van der Waals surface area contributed by atoms with Crippen LogP contribution in [0.2, 0.25) is 5.15 Å². The van der Waals surface area contributed by atoms with Crippen LogP contribution < -0.4 is 0 Å². The van der Waals surface area contributed by atoms with Crippen molar-refractivity contribution in [3.05, 3.63) is 40.9 Å². The molecule has 0 amide bonds. The Morgan fingerprint density at radius 1 is 1.19 bits per heavy atom. The Bertz CT molecular complexity index is 474. The Morgan fingerprint density at radius 2 is 1.88 bits per heavy atom. The predicted octanol–water partition coefficient (Wildman–Crippen LogP) is 3.06. The zero-order valence-corrected chi connectivity index (χ0v) is 9.99. The van der Waals surface area contributed by atoms with Crippen molar-refractivity contribution in [2.75, 3.05) is 0 Å². The Labute approximate surface area is 99.5 Å². The first kappa shape index (κ1) is 11.0. The molecular weight excluding hydrogens is 222 g/mol. The van der Waals surface area contributed by atoms with Crippen molar-refractivity contribution in [2.24, 2.45) is 0 Å². The molecule has 0 aliphatic heterocycles. The van der Waals surface area contributed by atoms with Crippen LogP contribution in [0.5, 0.6) is 0 Å². The van der Waals surface area contributed by atoms with Gasteiger partial charge >= 0.3 is 0 Å². The van der Waals surface area contributed by atoms with E-state index >= 15 is 0 Å². The van der Waals surface area contributed by atoms with Crippen molar-refractivity contribution in [1.29, 1.82) is 0 Å². The van der Waals surface area contributed by atoms with Gasteiger partial charge in [-0.25, -0.2) is 9.97 Å². The third-order valence-corrected chi connectivity index (χ3v) is 2.77. The smallest absolute Gasteiger partial charge is 0.161 e. The quantitative estimate of drug-likeness (QED) is 0.749. The van der Waals surface area contributed by atoms with Gasteiger partial charge in [0.05, 0.1) is 0 Å². The highest BCUT2D eigenvalue weighted by molar-refractivity contribution is 6.30. The molecule has 82 valence electrons. The van der Waals surface area contributed by atoms with E-state index in [1.54, 1.807) is 12.4 Å². The van der Waals surface area contributed by atoms with Gasteiger partial charge in [-0.3, -0.25) is 4.98 Å². The van der Waals surface area contributed by atoms with Crippen molar-refractivity contribution < 1.29 is 0 Å². The second kappa shape index (κ2) is 4.58. The summed E-state index contributed by atoms with van der Waals surface area (Å²) in [6.07, 6.45) is 4.28. The van der Waals surface area contributed by atoms with Crippen LogP contribution in [0.4, 0.5) is 0 Å². The number of hydrogen-bond acceptors (Lipinski definition) is 3. The molecule has 0 aliphatic rings. The van der Waals surface area contributed by atoms with E-state index in [1.165, 1.54) is 0 Å². The highest BCUT2D eigenvalue weighted by Crippen LogP contribution is 2.21. The molecule has 0 saturated carbocycles. The molecule has 0 saturated heterocycles. The van der Waals surface area contributed by atoms with Gasteiger partial charge in [0.1, 0.15) is 5.15 Å². The summed E-state index contributed by atoms with van der Waals surface area (Å²) in [5, 5.41) is 0.543. The minimum absolute atomic E-state index is 0.543. The Balaban J connectivity index is 2.53. The van der Waals surface area contributed by atoms with Crippen molar-refractivity contribution in [3.63, 3.8) is 0 Å². The summed E-state index contributed by atoms with van der Waals surface area (Å²) in [4.78, 5) is 12.7. The first-order chi connectivity index (χ1) is 7.72. The van der Waals surface area contributed by atoms with Gasteiger partial charge in [-0.2, -0.15) is 0 Å². The fourth-order valence-electron chi connectivity index (χ4n) is 1.59. The SMILES string of the molecule is CCc1c(C)nc(-c2ccncc2)nc1Cl. The zero-order chi connectivity index (χ0) is 11.5. The second-order valence-corrected chi connectivity index (χ2v) is 3.85. The van der Waals surface area contributed by atoms with E-state index in [0.717, 1.165) is 23.2 Å². The number of hydrogen-bond donors (Lipinski definition) is 0. The molecule has 2 aromatic heterocycles. The molecule has 0 N–H and O–H groups in total. The maximum atomic E-state index is 6.12. The number of aryl methyl sites for hydroxylation is 1. The van der Waals surface area contributed by atoms with Gasteiger partial charge in [-0.05, 0) is 25.5 Å². The predicted molar refractivity (Wildman–Crippen MR) is 64.4 cm³/mol. The topological polar surface area (TPSA) is 38.7 Å². The third kappa shape index (κ3) is 2.04. The summed E-state index contributed by atoms with van der Waals surface area (Å²) in [6, 6.07) is 3.74. The maximum absolute atomic E-state index is 6.12. The largest absolute Gasteiger partial charge is 0.265 e. The van der Waals surface area contributed by atoms with Crippen LogP contribution >= 0.6 is 11.6 Å². The van der Waals surface area contributed by atoms with Crippen LogP contribution in [0.15, 0.2) is 24.5 Å². The van der Waals surface area contributed by atoms with Gasteiger partial charge in [-0.15, -0.1) is 0 Å². The molecule has 0 aromatic carbocycles. The lowest BCUT2D eigenvalue weighted by atomic mass is 10.2. The van der Waals surface area contributed by atoms with Crippen molar-refractivity contribution in [3.8, 4) is 11.4 Å². The Hall–Kier alpha value is -1.48. The van der Waals surface area contributed by atoms with Gasteiger partial charge in [0.25, 0.3) is 0 Å². The summed E-state index contributed by atoms with van der Waals surface area (Å²) >= 11 is 6.12. The summed E-state index contributed by atoms with van der Waals surface area (Å²) in [5.74, 6) is 0.655. The van der Waals surface area contributed by atoms with Crippen LogP contribution in [-0.4, -0.2) is 15.0 Å². The maximum Gasteiger partial charge on any atom is 0.161 e. The molecule has 0 aliphatic carbocycles. The lowest BCUT2D eigenvalue weighted by Gasteiger charge is -2.07. The molecule has 2 aromatic rings. The van der Waals surface area contributed by atoms with Gasteiger partial charge in [0.2, 0.25) is 0 Å². The van der Waals surface area contributed by atoms with Crippen LogP contribution in [0.1, 0.15) is 18.2 Å². The number of rotatable bonds is 2. The van der Waals surface area contributed by atoms with E-state index < -0.39 is 0 Å². The molecule has 0 fully saturated rings. The molecule has 0 radical (unpaired) electrons. The number of pyridine rings is 1. The molecule has 2 rings (SSSR count). The zero-order valence-electron chi connectivity index (χ0n) is 9.24. The van der Waals surface area contributed by atoms with E-state index in [0.29, 0.717) is 11.0 Å². The molecule has 16 heavy (non-hydrogen) atoms. The molecule has 2 heterocycles. The monoisotopic (exact) mass is 233 g/mol. The van der Waals surface area contributed by atoms with E-state index in [9.17, 15) is 0 Å².